The van der Waals surface area contributed by atoms with Crippen LogP contribution in [0.3, 0.4) is 0 Å². The van der Waals surface area contributed by atoms with E-state index in [1.165, 1.54) is 11.6 Å². The number of rotatable bonds is 6. The molecule has 0 saturated heterocycles. The molecule has 0 unspecified atom stereocenters. The smallest absolute Gasteiger partial charge is 0.330 e. The molecule has 0 aliphatic rings. The zero-order valence-corrected chi connectivity index (χ0v) is 14.7. The summed E-state index contributed by atoms with van der Waals surface area (Å²) >= 11 is 0. The fourth-order valence-corrected chi connectivity index (χ4v) is 2.80. The van der Waals surface area contributed by atoms with E-state index < -0.39 is 0 Å². The molecule has 0 amide bonds. The Hall–Kier alpha value is -2.81. The molecular formula is C22H23NO2. The van der Waals surface area contributed by atoms with Crippen LogP contribution in [0.4, 0.5) is 0 Å². The second-order valence-electron chi connectivity index (χ2n) is 6.18. The van der Waals surface area contributed by atoms with Gasteiger partial charge in [-0.1, -0.05) is 61.4 Å². The number of aryl methyl sites for hydroxylation is 1. The summed E-state index contributed by atoms with van der Waals surface area (Å²) in [5.74, 6) is -0.298. The molecule has 0 fully saturated rings. The lowest BCUT2D eigenvalue weighted by Crippen LogP contribution is -2.01. The van der Waals surface area contributed by atoms with E-state index in [9.17, 15) is 4.79 Å². The number of nitrogens with one attached hydrogen (secondary N) is 1. The van der Waals surface area contributed by atoms with E-state index in [0.29, 0.717) is 6.61 Å². The lowest BCUT2D eigenvalue weighted by Gasteiger charge is -2.03. The van der Waals surface area contributed by atoms with Gasteiger partial charge in [0.2, 0.25) is 0 Å². The maximum atomic E-state index is 11.9. The summed E-state index contributed by atoms with van der Waals surface area (Å²) in [6.45, 7) is 4.62. The number of para-hydroxylation sites is 1. The van der Waals surface area contributed by atoms with Crippen LogP contribution in [0.15, 0.2) is 54.6 Å². The van der Waals surface area contributed by atoms with Gasteiger partial charge < -0.3 is 9.72 Å². The Labute approximate surface area is 148 Å². The lowest BCUT2D eigenvalue weighted by atomic mass is 10.0. The number of hydrogen-bond donors (Lipinski definition) is 1. The lowest BCUT2D eigenvalue weighted by molar-refractivity contribution is -0.137. The van der Waals surface area contributed by atoms with Crippen molar-refractivity contribution in [3.63, 3.8) is 0 Å². The Kier molecular flexibility index (Phi) is 5.34. The molecule has 0 saturated carbocycles. The third-order valence-corrected chi connectivity index (χ3v) is 4.21. The number of hydrogen-bond acceptors (Lipinski definition) is 2. The normalized spacial score (nSPS) is 11.3. The molecule has 3 heteroatoms. The molecule has 0 bridgehead atoms. The molecule has 1 N–H and O–H groups in total. The largest absolute Gasteiger partial charge is 0.463 e. The first-order chi connectivity index (χ1) is 12.2. The first kappa shape index (κ1) is 17.0. The highest BCUT2D eigenvalue weighted by atomic mass is 16.5. The van der Waals surface area contributed by atoms with Crippen molar-refractivity contribution in [3.05, 3.63) is 65.7 Å². The summed E-state index contributed by atoms with van der Waals surface area (Å²) in [6.07, 6.45) is 5.27. The number of aromatic nitrogens is 1. The molecule has 128 valence electrons. The molecule has 1 aromatic heterocycles. The van der Waals surface area contributed by atoms with E-state index in [0.717, 1.165) is 40.6 Å². The van der Waals surface area contributed by atoms with Crippen molar-refractivity contribution in [2.75, 3.05) is 6.61 Å². The number of carbonyl (C=O) groups is 1. The van der Waals surface area contributed by atoms with E-state index >= 15 is 0 Å². The van der Waals surface area contributed by atoms with E-state index in [4.69, 9.17) is 4.74 Å². The molecule has 3 rings (SSSR count). The Bertz CT molecular complexity index is 888. The quantitative estimate of drug-likeness (QED) is 0.368. The predicted octanol–water partition coefficient (Wildman–Crippen LogP) is 5.50. The molecule has 0 aliphatic carbocycles. The predicted molar refractivity (Wildman–Crippen MR) is 103 cm³/mol. The highest BCUT2D eigenvalue weighted by Crippen LogP contribution is 2.31. The molecular weight excluding hydrogens is 310 g/mol. The minimum atomic E-state index is -0.298. The molecule has 0 spiro atoms. The summed E-state index contributed by atoms with van der Waals surface area (Å²) in [6, 6.07) is 16.5. The van der Waals surface area contributed by atoms with E-state index in [1.54, 1.807) is 0 Å². The van der Waals surface area contributed by atoms with Crippen LogP contribution in [0.2, 0.25) is 0 Å². The van der Waals surface area contributed by atoms with Gasteiger partial charge in [0, 0.05) is 22.5 Å². The Balaban J connectivity index is 1.96. The summed E-state index contributed by atoms with van der Waals surface area (Å²) in [5.41, 5.74) is 5.39. The van der Waals surface area contributed by atoms with E-state index in [1.807, 2.05) is 24.3 Å². The van der Waals surface area contributed by atoms with Gasteiger partial charge in [0.05, 0.1) is 12.3 Å². The van der Waals surface area contributed by atoms with Crippen LogP contribution in [0.1, 0.15) is 30.9 Å². The second-order valence-corrected chi connectivity index (χ2v) is 6.18. The van der Waals surface area contributed by atoms with E-state index in [-0.39, 0.29) is 5.97 Å². The van der Waals surface area contributed by atoms with Crippen LogP contribution in [0, 0.1) is 6.92 Å². The average Bonchev–Trinajstić information content (AvgIpc) is 2.99. The third kappa shape index (κ3) is 4.00. The maximum absolute atomic E-state index is 11.9. The van der Waals surface area contributed by atoms with E-state index in [2.05, 4.69) is 49.2 Å². The minimum absolute atomic E-state index is 0.298. The van der Waals surface area contributed by atoms with Gasteiger partial charge >= 0.3 is 5.97 Å². The summed E-state index contributed by atoms with van der Waals surface area (Å²) in [7, 11) is 0. The van der Waals surface area contributed by atoms with Crippen molar-refractivity contribution in [3.8, 4) is 11.3 Å². The van der Waals surface area contributed by atoms with Crippen molar-refractivity contribution < 1.29 is 9.53 Å². The van der Waals surface area contributed by atoms with Crippen LogP contribution in [-0.2, 0) is 9.53 Å². The van der Waals surface area contributed by atoms with Crippen molar-refractivity contribution in [2.45, 2.75) is 26.7 Å². The van der Waals surface area contributed by atoms with Crippen LogP contribution >= 0.6 is 0 Å². The number of carbonyl (C=O) groups excluding carboxylic acids is 1. The zero-order chi connectivity index (χ0) is 17.6. The van der Waals surface area contributed by atoms with Crippen molar-refractivity contribution in [2.24, 2.45) is 0 Å². The summed E-state index contributed by atoms with van der Waals surface area (Å²) < 4.78 is 5.22. The number of aromatic amines is 1. The van der Waals surface area contributed by atoms with Gasteiger partial charge in [-0.15, -0.1) is 0 Å². The van der Waals surface area contributed by atoms with Gasteiger partial charge in [0.1, 0.15) is 0 Å². The maximum Gasteiger partial charge on any atom is 0.330 e. The fourth-order valence-electron chi connectivity index (χ4n) is 2.80. The highest BCUT2D eigenvalue weighted by molar-refractivity contribution is 5.99. The van der Waals surface area contributed by atoms with Gasteiger partial charge in [0.15, 0.2) is 0 Å². The van der Waals surface area contributed by atoms with Gasteiger partial charge in [-0.2, -0.15) is 0 Å². The van der Waals surface area contributed by atoms with Crippen molar-refractivity contribution in [1.29, 1.82) is 0 Å². The topological polar surface area (TPSA) is 42.1 Å². The number of benzene rings is 2. The first-order valence-corrected chi connectivity index (χ1v) is 8.71. The molecule has 25 heavy (non-hydrogen) atoms. The monoisotopic (exact) mass is 333 g/mol. The number of ether oxygens (including phenoxy) is 1. The Morgan fingerprint density at radius 1 is 1.12 bits per heavy atom. The SMILES string of the molecule is CCCCOC(=O)/C=C/c1c(-c2ccc(C)cc2)[nH]c2ccccc12. The molecule has 3 aromatic rings. The minimum Gasteiger partial charge on any atom is -0.463 e. The van der Waals surface area contributed by atoms with Crippen LogP contribution in [0.5, 0.6) is 0 Å². The van der Waals surface area contributed by atoms with Crippen LogP contribution in [0.25, 0.3) is 28.2 Å². The Morgan fingerprint density at radius 3 is 2.64 bits per heavy atom. The molecule has 0 radical (unpaired) electrons. The summed E-state index contributed by atoms with van der Waals surface area (Å²) in [5, 5.41) is 1.09. The van der Waals surface area contributed by atoms with Crippen molar-refractivity contribution in [1.82, 2.24) is 4.98 Å². The first-order valence-electron chi connectivity index (χ1n) is 8.71. The average molecular weight is 333 g/mol. The van der Waals surface area contributed by atoms with Gasteiger partial charge in [-0.3, -0.25) is 0 Å². The highest BCUT2D eigenvalue weighted by Gasteiger charge is 2.11. The molecule has 0 atom stereocenters. The standard InChI is InChI=1S/C22H23NO2/c1-3-4-15-25-21(24)14-13-19-18-7-5-6-8-20(18)23-22(19)17-11-9-16(2)10-12-17/h5-14,23H,3-4,15H2,1-2H3/b14-13+. The molecule has 3 nitrogen and oxygen atoms in total. The number of fused-ring (bicyclic) bond motifs is 1. The van der Waals surface area contributed by atoms with Gasteiger partial charge in [-0.05, 0) is 31.1 Å². The Morgan fingerprint density at radius 2 is 1.88 bits per heavy atom. The molecule has 1 heterocycles. The second kappa shape index (κ2) is 7.84. The molecule has 0 aliphatic heterocycles. The number of unbranched alkanes of at least 4 members (excludes halogenated alkanes) is 1. The van der Waals surface area contributed by atoms with Crippen LogP contribution < -0.4 is 0 Å². The number of esters is 1. The van der Waals surface area contributed by atoms with Crippen molar-refractivity contribution >= 4 is 22.9 Å². The molecule has 2 aromatic carbocycles. The summed E-state index contributed by atoms with van der Waals surface area (Å²) in [4.78, 5) is 15.4. The number of H-pyrrole nitrogens is 1. The van der Waals surface area contributed by atoms with Crippen LogP contribution in [-0.4, -0.2) is 17.6 Å². The van der Waals surface area contributed by atoms with Gasteiger partial charge in [-0.25, -0.2) is 4.79 Å². The zero-order valence-electron chi connectivity index (χ0n) is 14.7. The van der Waals surface area contributed by atoms with Gasteiger partial charge in [0.25, 0.3) is 0 Å². The third-order valence-electron chi connectivity index (χ3n) is 4.21. The fraction of sp³-hybridized carbons (Fsp3) is 0.227.